The van der Waals surface area contributed by atoms with Crippen molar-refractivity contribution < 1.29 is 9.84 Å². The van der Waals surface area contributed by atoms with Crippen molar-refractivity contribution in [2.24, 2.45) is 0 Å². The van der Waals surface area contributed by atoms with Crippen LogP contribution in [0.3, 0.4) is 0 Å². The first kappa shape index (κ1) is 21.6. The molecule has 1 heterocycles. The molecule has 0 aliphatic carbocycles. The minimum absolute atomic E-state index is 0.268. The number of aromatic hydroxyl groups is 1. The zero-order chi connectivity index (χ0) is 21.6. The number of ether oxygens (including phenoxy) is 1. The van der Waals surface area contributed by atoms with Crippen molar-refractivity contribution in [2.75, 3.05) is 36.5 Å². The molecular weight excluding hydrogens is 431 g/mol. The molecule has 0 amide bonds. The van der Waals surface area contributed by atoms with E-state index in [-0.39, 0.29) is 5.75 Å². The number of nitrogens with zero attached hydrogens (tertiary/aromatic N) is 1. The maximum Gasteiger partial charge on any atom is 0.120 e. The molecule has 3 aromatic carbocycles. The summed E-state index contributed by atoms with van der Waals surface area (Å²) in [7, 11) is 0. The molecule has 6 heteroatoms. The van der Waals surface area contributed by atoms with Crippen LogP contribution in [-0.2, 0) is 11.3 Å². The lowest BCUT2D eigenvalue weighted by molar-refractivity contribution is 0.122. The zero-order valence-corrected chi connectivity index (χ0v) is 18.5. The molecule has 0 aromatic heterocycles. The molecule has 0 spiro atoms. The van der Waals surface area contributed by atoms with E-state index in [1.165, 1.54) is 5.69 Å². The number of phenols is 1. The van der Waals surface area contributed by atoms with Crippen LogP contribution in [0.1, 0.15) is 16.7 Å². The Kier molecular flexibility index (Phi) is 7.03. The second kappa shape index (κ2) is 10.1. The molecule has 160 valence electrons. The van der Waals surface area contributed by atoms with Crippen LogP contribution in [0.25, 0.3) is 12.2 Å². The lowest BCUT2D eigenvalue weighted by Crippen LogP contribution is -2.36. The Hall–Kier alpha value is -2.66. The topological polar surface area (TPSA) is 44.7 Å². The van der Waals surface area contributed by atoms with E-state index in [1.807, 2.05) is 36.4 Å². The number of hydrogen-bond donors (Lipinski definition) is 2. The summed E-state index contributed by atoms with van der Waals surface area (Å²) in [6, 6.07) is 19.4. The highest BCUT2D eigenvalue weighted by Crippen LogP contribution is 2.25. The molecule has 1 aliphatic heterocycles. The second-order valence-electron chi connectivity index (χ2n) is 7.39. The van der Waals surface area contributed by atoms with Crippen molar-refractivity contribution in [1.82, 2.24) is 0 Å². The smallest absolute Gasteiger partial charge is 0.120 e. The molecule has 31 heavy (non-hydrogen) atoms. The fraction of sp³-hybridized carbons (Fsp3) is 0.200. The third kappa shape index (κ3) is 5.73. The third-order valence-electron chi connectivity index (χ3n) is 5.24. The SMILES string of the molecule is Oc1ccc(/C=C/c2ccc(Cl)c(Cl)c2)cc1CNc1ccc(N2CCOCC2)cc1. The van der Waals surface area contributed by atoms with Gasteiger partial charge in [0.2, 0.25) is 0 Å². The highest BCUT2D eigenvalue weighted by atomic mass is 35.5. The first-order valence-electron chi connectivity index (χ1n) is 10.2. The van der Waals surface area contributed by atoms with Gasteiger partial charge in [0.15, 0.2) is 0 Å². The number of phenolic OH excluding ortho intramolecular Hbond substituents is 1. The Morgan fingerprint density at radius 3 is 2.26 bits per heavy atom. The quantitative estimate of drug-likeness (QED) is 0.427. The van der Waals surface area contributed by atoms with Crippen LogP contribution < -0.4 is 10.2 Å². The van der Waals surface area contributed by atoms with Crippen molar-refractivity contribution in [3.8, 4) is 5.75 Å². The van der Waals surface area contributed by atoms with E-state index in [9.17, 15) is 5.11 Å². The van der Waals surface area contributed by atoms with Crippen molar-refractivity contribution in [2.45, 2.75) is 6.54 Å². The van der Waals surface area contributed by atoms with Crippen molar-refractivity contribution in [1.29, 1.82) is 0 Å². The molecule has 0 unspecified atom stereocenters. The van der Waals surface area contributed by atoms with Gasteiger partial charge in [-0.15, -0.1) is 0 Å². The van der Waals surface area contributed by atoms with Gasteiger partial charge in [0, 0.05) is 36.6 Å². The molecule has 2 N–H and O–H groups in total. The molecule has 4 nitrogen and oxygen atoms in total. The molecule has 0 atom stereocenters. The van der Waals surface area contributed by atoms with Crippen LogP contribution in [0.2, 0.25) is 10.0 Å². The average molecular weight is 455 g/mol. The Balaban J connectivity index is 1.40. The van der Waals surface area contributed by atoms with E-state index in [2.05, 4.69) is 34.5 Å². The number of rotatable bonds is 6. The molecule has 1 saturated heterocycles. The van der Waals surface area contributed by atoms with Gasteiger partial charge >= 0.3 is 0 Å². The number of hydrogen-bond acceptors (Lipinski definition) is 4. The van der Waals surface area contributed by atoms with Crippen molar-refractivity contribution in [3.63, 3.8) is 0 Å². The summed E-state index contributed by atoms with van der Waals surface area (Å²) >= 11 is 12.1. The molecular formula is C25H24Cl2N2O2. The summed E-state index contributed by atoms with van der Waals surface area (Å²) < 4.78 is 5.41. The molecule has 1 fully saturated rings. The fourth-order valence-corrected chi connectivity index (χ4v) is 3.77. The Morgan fingerprint density at radius 1 is 0.871 bits per heavy atom. The average Bonchev–Trinajstić information content (AvgIpc) is 2.81. The first-order valence-corrected chi connectivity index (χ1v) is 11.0. The lowest BCUT2D eigenvalue weighted by atomic mass is 10.1. The molecule has 0 bridgehead atoms. The maximum atomic E-state index is 10.3. The predicted octanol–water partition coefficient (Wildman–Crippen LogP) is 6.32. The normalized spacial score (nSPS) is 14.2. The zero-order valence-electron chi connectivity index (χ0n) is 17.0. The number of morpholine rings is 1. The van der Waals surface area contributed by atoms with Gasteiger partial charge in [-0.3, -0.25) is 0 Å². The summed E-state index contributed by atoms with van der Waals surface area (Å²) in [6.07, 6.45) is 3.95. The van der Waals surface area contributed by atoms with Crippen LogP contribution in [-0.4, -0.2) is 31.4 Å². The van der Waals surface area contributed by atoms with Gasteiger partial charge in [-0.25, -0.2) is 0 Å². The summed E-state index contributed by atoms with van der Waals surface area (Å²) in [5, 5.41) is 14.7. The minimum atomic E-state index is 0.268. The first-order chi connectivity index (χ1) is 15.1. The molecule has 3 aromatic rings. The minimum Gasteiger partial charge on any atom is -0.508 e. The standard InChI is InChI=1S/C25H24Cl2N2O2/c26-23-9-3-19(16-24(23)27)2-1-18-4-10-25(30)20(15-18)17-28-21-5-7-22(8-6-21)29-11-13-31-14-12-29/h1-10,15-16,28,30H,11-14,17H2/b2-1+. The van der Waals surface area contributed by atoms with Gasteiger partial charge < -0.3 is 20.1 Å². The van der Waals surface area contributed by atoms with E-state index in [4.69, 9.17) is 27.9 Å². The van der Waals surface area contributed by atoms with Gasteiger partial charge in [-0.1, -0.05) is 47.5 Å². The van der Waals surface area contributed by atoms with Gasteiger partial charge in [-0.2, -0.15) is 0 Å². The van der Waals surface area contributed by atoms with E-state index in [0.717, 1.165) is 48.7 Å². The Labute approximate surface area is 192 Å². The largest absolute Gasteiger partial charge is 0.508 e. The van der Waals surface area contributed by atoms with Gasteiger partial charge in [0.25, 0.3) is 0 Å². The van der Waals surface area contributed by atoms with Gasteiger partial charge in [0.1, 0.15) is 5.75 Å². The second-order valence-corrected chi connectivity index (χ2v) is 8.21. The third-order valence-corrected chi connectivity index (χ3v) is 5.98. The number of halogens is 2. The van der Waals surface area contributed by atoms with Crippen molar-refractivity contribution in [3.05, 3.63) is 87.4 Å². The van der Waals surface area contributed by atoms with Gasteiger partial charge in [0.05, 0.1) is 23.3 Å². The predicted molar refractivity (Wildman–Crippen MR) is 130 cm³/mol. The molecule has 1 aliphatic rings. The van der Waals surface area contributed by atoms with Crippen LogP contribution in [0.5, 0.6) is 5.75 Å². The van der Waals surface area contributed by atoms with Crippen LogP contribution in [0.15, 0.2) is 60.7 Å². The van der Waals surface area contributed by atoms with E-state index < -0.39 is 0 Å². The summed E-state index contributed by atoms with van der Waals surface area (Å²) in [5.74, 6) is 0.268. The highest BCUT2D eigenvalue weighted by Gasteiger charge is 2.10. The summed E-state index contributed by atoms with van der Waals surface area (Å²) in [4.78, 5) is 2.32. The molecule has 0 saturated carbocycles. The monoisotopic (exact) mass is 454 g/mol. The number of nitrogens with one attached hydrogen (secondary N) is 1. The van der Waals surface area contributed by atoms with E-state index in [0.29, 0.717) is 16.6 Å². The molecule has 4 rings (SSSR count). The lowest BCUT2D eigenvalue weighted by Gasteiger charge is -2.29. The molecule has 0 radical (unpaired) electrons. The van der Waals surface area contributed by atoms with Gasteiger partial charge in [-0.05, 0) is 59.7 Å². The summed E-state index contributed by atoms with van der Waals surface area (Å²) in [6.45, 7) is 3.91. The Morgan fingerprint density at radius 2 is 1.55 bits per heavy atom. The van der Waals surface area contributed by atoms with Crippen LogP contribution in [0.4, 0.5) is 11.4 Å². The number of benzene rings is 3. The summed E-state index contributed by atoms with van der Waals surface area (Å²) in [5.41, 5.74) is 4.98. The maximum absolute atomic E-state index is 10.3. The highest BCUT2D eigenvalue weighted by molar-refractivity contribution is 6.42. The van der Waals surface area contributed by atoms with Crippen LogP contribution >= 0.6 is 23.2 Å². The van der Waals surface area contributed by atoms with E-state index in [1.54, 1.807) is 12.1 Å². The fourth-order valence-electron chi connectivity index (χ4n) is 3.47. The Bertz CT molecular complexity index is 1060. The number of anilines is 2. The van der Waals surface area contributed by atoms with Crippen LogP contribution in [0, 0.1) is 0 Å². The van der Waals surface area contributed by atoms with Crippen molar-refractivity contribution >= 4 is 46.7 Å². The van der Waals surface area contributed by atoms with E-state index >= 15 is 0 Å².